The SMILES string of the molecule is CCOC(=O)c1c(NC(=O)Cn2nc(C)c3c(-c4ccc(F)cc4)ccnc32)sc2c1CCCCC2. The normalized spacial score (nSPS) is 13.3. The van der Waals surface area contributed by atoms with Crippen LogP contribution in [0.25, 0.3) is 22.2 Å². The standard InChI is InChI=1S/C27H27FN4O3S/c1-3-35-27(34)24-20-7-5-4-6-8-21(20)36-26(24)30-22(33)15-32-25-23(16(2)31-32)19(13-14-29-25)17-9-11-18(28)12-10-17/h9-14H,3-8,15H2,1-2H3,(H,30,33). The average molecular weight is 507 g/mol. The maximum Gasteiger partial charge on any atom is 0.341 e. The zero-order valence-electron chi connectivity index (χ0n) is 20.3. The molecule has 0 bridgehead atoms. The number of ether oxygens (including phenoxy) is 1. The highest BCUT2D eigenvalue weighted by Gasteiger charge is 2.27. The van der Waals surface area contributed by atoms with E-state index in [1.54, 1.807) is 29.9 Å². The van der Waals surface area contributed by atoms with Gasteiger partial charge in [-0.05, 0) is 74.4 Å². The Kier molecular flexibility index (Phi) is 6.82. The molecule has 0 atom stereocenters. The van der Waals surface area contributed by atoms with Crippen molar-refractivity contribution in [2.45, 2.75) is 52.5 Å². The van der Waals surface area contributed by atoms with Crippen LogP contribution in [0.1, 0.15) is 52.7 Å². The lowest BCUT2D eigenvalue weighted by molar-refractivity contribution is -0.116. The number of hydrogen-bond acceptors (Lipinski definition) is 6. The van der Waals surface area contributed by atoms with Crippen LogP contribution in [0.5, 0.6) is 0 Å². The molecule has 9 heteroatoms. The van der Waals surface area contributed by atoms with Crippen molar-refractivity contribution in [1.82, 2.24) is 14.8 Å². The molecule has 0 unspecified atom stereocenters. The topological polar surface area (TPSA) is 86.1 Å². The third-order valence-corrected chi connectivity index (χ3v) is 7.62. The van der Waals surface area contributed by atoms with E-state index < -0.39 is 5.97 Å². The predicted octanol–water partition coefficient (Wildman–Crippen LogP) is 5.69. The van der Waals surface area contributed by atoms with Crippen LogP contribution in [0.4, 0.5) is 9.39 Å². The molecule has 36 heavy (non-hydrogen) atoms. The van der Waals surface area contributed by atoms with Crippen molar-refractivity contribution in [1.29, 1.82) is 0 Å². The van der Waals surface area contributed by atoms with Gasteiger partial charge >= 0.3 is 5.97 Å². The molecule has 186 valence electrons. The highest BCUT2D eigenvalue weighted by atomic mass is 32.1. The highest BCUT2D eigenvalue weighted by molar-refractivity contribution is 7.17. The number of nitrogens with one attached hydrogen (secondary N) is 1. The van der Waals surface area contributed by atoms with E-state index in [9.17, 15) is 14.0 Å². The number of halogens is 1. The van der Waals surface area contributed by atoms with E-state index in [2.05, 4.69) is 15.4 Å². The summed E-state index contributed by atoms with van der Waals surface area (Å²) >= 11 is 1.47. The van der Waals surface area contributed by atoms with Crippen molar-refractivity contribution in [3.8, 4) is 11.1 Å². The van der Waals surface area contributed by atoms with Crippen molar-refractivity contribution in [2.75, 3.05) is 11.9 Å². The Labute approximate surface area is 212 Å². The Bertz CT molecular complexity index is 1440. The summed E-state index contributed by atoms with van der Waals surface area (Å²) in [6.07, 6.45) is 6.60. The molecule has 0 fully saturated rings. The summed E-state index contributed by atoms with van der Waals surface area (Å²) in [5, 5.41) is 8.87. The number of nitrogens with zero attached hydrogens (tertiary/aromatic N) is 3. The minimum Gasteiger partial charge on any atom is -0.462 e. The monoisotopic (exact) mass is 506 g/mol. The number of carbonyl (C=O) groups is 2. The second-order valence-corrected chi connectivity index (χ2v) is 9.95. The van der Waals surface area contributed by atoms with Gasteiger partial charge in [0.1, 0.15) is 17.4 Å². The van der Waals surface area contributed by atoms with Gasteiger partial charge in [0.25, 0.3) is 0 Å². The number of hydrogen-bond donors (Lipinski definition) is 1. The molecule has 1 aliphatic carbocycles. The van der Waals surface area contributed by atoms with Crippen LogP contribution in [0.3, 0.4) is 0 Å². The minimum atomic E-state index is -0.391. The number of thiophene rings is 1. The molecule has 1 aromatic carbocycles. The van der Waals surface area contributed by atoms with Crippen LogP contribution >= 0.6 is 11.3 Å². The van der Waals surface area contributed by atoms with Crippen LogP contribution < -0.4 is 5.32 Å². The lowest BCUT2D eigenvalue weighted by atomic mass is 10.0. The van der Waals surface area contributed by atoms with E-state index >= 15 is 0 Å². The Morgan fingerprint density at radius 3 is 2.69 bits per heavy atom. The number of aryl methyl sites for hydroxylation is 2. The van der Waals surface area contributed by atoms with Gasteiger partial charge in [-0.1, -0.05) is 18.6 Å². The molecular formula is C27H27FN4O3S. The fourth-order valence-corrected chi connectivity index (χ4v) is 6.11. The second kappa shape index (κ2) is 10.2. The lowest BCUT2D eigenvalue weighted by Gasteiger charge is -2.09. The van der Waals surface area contributed by atoms with Crippen LogP contribution in [-0.2, 0) is 28.9 Å². The Hall–Kier alpha value is -3.59. The summed E-state index contributed by atoms with van der Waals surface area (Å²) in [6.45, 7) is 3.85. The van der Waals surface area contributed by atoms with Gasteiger partial charge in [-0.3, -0.25) is 4.79 Å². The zero-order chi connectivity index (χ0) is 25.2. The quantitative estimate of drug-likeness (QED) is 0.268. The smallest absolute Gasteiger partial charge is 0.341 e. The number of esters is 1. The second-order valence-electron chi connectivity index (χ2n) is 8.84. The summed E-state index contributed by atoms with van der Waals surface area (Å²) in [4.78, 5) is 31.6. The molecule has 5 rings (SSSR count). The van der Waals surface area contributed by atoms with Gasteiger partial charge in [0.2, 0.25) is 5.91 Å². The number of anilines is 1. The molecule has 0 saturated carbocycles. The van der Waals surface area contributed by atoms with Crippen molar-refractivity contribution >= 4 is 39.2 Å². The number of benzene rings is 1. The molecule has 1 amide bonds. The van der Waals surface area contributed by atoms with Crippen molar-refractivity contribution in [2.24, 2.45) is 0 Å². The van der Waals surface area contributed by atoms with Crippen LogP contribution in [0.2, 0.25) is 0 Å². The molecule has 1 N–H and O–H groups in total. The summed E-state index contributed by atoms with van der Waals surface area (Å²) < 4.78 is 20.3. The maximum atomic E-state index is 13.4. The molecule has 4 aromatic rings. The van der Waals surface area contributed by atoms with Gasteiger partial charge in [-0.2, -0.15) is 5.10 Å². The maximum absolute atomic E-state index is 13.4. The van der Waals surface area contributed by atoms with E-state index in [1.165, 1.54) is 23.5 Å². The molecule has 0 radical (unpaired) electrons. The third kappa shape index (κ3) is 4.63. The Morgan fingerprint density at radius 2 is 1.92 bits per heavy atom. The number of pyridine rings is 1. The van der Waals surface area contributed by atoms with Crippen molar-refractivity contribution in [3.63, 3.8) is 0 Å². The van der Waals surface area contributed by atoms with Gasteiger partial charge in [-0.15, -0.1) is 11.3 Å². The molecular weight excluding hydrogens is 479 g/mol. The highest BCUT2D eigenvalue weighted by Crippen LogP contribution is 2.38. The summed E-state index contributed by atoms with van der Waals surface area (Å²) in [5.41, 5.74) is 4.51. The average Bonchev–Trinajstić information content (AvgIpc) is 3.26. The fourth-order valence-electron chi connectivity index (χ4n) is 4.81. The number of aromatic nitrogens is 3. The summed E-state index contributed by atoms with van der Waals surface area (Å²) in [7, 11) is 0. The Morgan fingerprint density at radius 1 is 1.14 bits per heavy atom. The van der Waals surface area contributed by atoms with Gasteiger partial charge in [0.15, 0.2) is 5.65 Å². The molecule has 0 spiro atoms. The molecule has 0 saturated heterocycles. The first-order valence-electron chi connectivity index (χ1n) is 12.2. The van der Waals surface area contributed by atoms with E-state index in [4.69, 9.17) is 4.74 Å². The van der Waals surface area contributed by atoms with Gasteiger partial charge < -0.3 is 10.1 Å². The number of amides is 1. The van der Waals surface area contributed by atoms with Crippen LogP contribution in [-0.4, -0.2) is 33.2 Å². The van der Waals surface area contributed by atoms with Gasteiger partial charge in [0.05, 0.1) is 17.9 Å². The van der Waals surface area contributed by atoms with E-state index in [0.717, 1.165) is 64.8 Å². The molecule has 3 heterocycles. The lowest BCUT2D eigenvalue weighted by Crippen LogP contribution is -2.21. The van der Waals surface area contributed by atoms with Gasteiger partial charge in [-0.25, -0.2) is 18.9 Å². The van der Waals surface area contributed by atoms with E-state index in [0.29, 0.717) is 16.2 Å². The van der Waals surface area contributed by atoms with Crippen molar-refractivity contribution < 1.29 is 18.7 Å². The number of fused-ring (bicyclic) bond motifs is 2. The Balaban J connectivity index is 1.44. The molecule has 1 aliphatic rings. The largest absolute Gasteiger partial charge is 0.462 e. The van der Waals surface area contributed by atoms with Gasteiger partial charge in [0, 0.05) is 16.5 Å². The first kappa shape index (κ1) is 24.1. The first-order valence-corrected chi connectivity index (χ1v) is 13.0. The van der Waals surface area contributed by atoms with Crippen molar-refractivity contribution in [3.05, 3.63) is 64.0 Å². The molecule has 3 aromatic heterocycles. The summed E-state index contributed by atoms with van der Waals surface area (Å²) in [5.74, 6) is -0.991. The summed E-state index contributed by atoms with van der Waals surface area (Å²) in [6, 6.07) is 8.12. The van der Waals surface area contributed by atoms with E-state index in [-0.39, 0.29) is 24.9 Å². The number of carbonyl (C=O) groups excluding carboxylic acids is 2. The van der Waals surface area contributed by atoms with Crippen LogP contribution in [0.15, 0.2) is 36.5 Å². The zero-order valence-corrected chi connectivity index (χ0v) is 21.1. The fraction of sp³-hybridized carbons (Fsp3) is 0.333. The van der Waals surface area contributed by atoms with E-state index in [1.807, 2.05) is 13.0 Å². The van der Waals surface area contributed by atoms with Crippen LogP contribution in [0, 0.1) is 12.7 Å². The molecule has 0 aliphatic heterocycles. The third-order valence-electron chi connectivity index (χ3n) is 6.41. The molecule has 7 nitrogen and oxygen atoms in total. The minimum absolute atomic E-state index is 0.0605. The number of rotatable bonds is 6. The predicted molar refractivity (Wildman–Crippen MR) is 138 cm³/mol. The first-order chi connectivity index (χ1) is 17.5.